The maximum absolute atomic E-state index is 12.3. The van der Waals surface area contributed by atoms with E-state index in [-0.39, 0.29) is 11.9 Å². The van der Waals surface area contributed by atoms with Gasteiger partial charge in [-0.15, -0.1) is 10.2 Å². The smallest absolute Gasteiger partial charge is 0.282 e. The Labute approximate surface area is 129 Å². The standard InChI is InChI=1S/C14H23N5OS/c1-3-15-14-18-17-13(21-14)12(20)16-9-7-10-5-4-6-11(8-9)19(10)2/h9-11H,3-8H2,1-2H3,(H,15,18)(H,16,20). The Morgan fingerprint density at radius 2 is 2.05 bits per heavy atom. The fourth-order valence-corrected chi connectivity index (χ4v) is 4.23. The fraction of sp³-hybridized carbons (Fsp3) is 0.786. The number of rotatable bonds is 4. The van der Waals surface area contributed by atoms with Gasteiger partial charge in [0.05, 0.1) is 0 Å². The van der Waals surface area contributed by atoms with Crippen LogP contribution in [0.25, 0.3) is 0 Å². The monoisotopic (exact) mass is 309 g/mol. The number of nitrogens with one attached hydrogen (secondary N) is 2. The van der Waals surface area contributed by atoms with Crippen molar-refractivity contribution in [1.29, 1.82) is 0 Å². The van der Waals surface area contributed by atoms with Crippen molar-refractivity contribution in [2.24, 2.45) is 0 Å². The second-order valence-corrected chi connectivity index (χ2v) is 6.97. The average molecular weight is 309 g/mol. The number of hydrogen-bond donors (Lipinski definition) is 2. The van der Waals surface area contributed by atoms with Crippen molar-refractivity contribution in [3.8, 4) is 0 Å². The van der Waals surface area contributed by atoms with Crippen molar-refractivity contribution in [2.45, 2.75) is 57.2 Å². The maximum atomic E-state index is 12.3. The van der Waals surface area contributed by atoms with E-state index in [0.29, 0.717) is 22.2 Å². The van der Waals surface area contributed by atoms with E-state index in [0.717, 1.165) is 19.4 Å². The van der Waals surface area contributed by atoms with Crippen LogP contribution in [0.15, 0.2) is 0 Å². The molecule has 2 aliphatic rings. The van der Waals surface area contributed by atoms with E-state index < -0.39 is 0 Å². The fourth-order valence-electron chi connectivity index (χ4n) is 3.52. The molecule has 2 saturated heterocycles. The van der Waals surface area contributed by atoms with Crippen LogP contribution in [0.3, 0.4) is 0 Å². The molecule has 1 aromatic heterocycles. The third-order valence-corrected chi connectivity index (χ3v) is 5.50. The Kier molecular flexibility index (Phi) is 4.40. The lowest BCUT2D eigenvalue weighted by Gasteiger charge is -2.47. The number of piperidine rings is 2. The van der Waals surface area contributed by atoms with Gasteiger partial charge in [0.15, 0.2) is 0 Å². The molecule has 2 unspecified atom stereocenters. The largest absolute Gasteiger partial charge is 0.360 e. The number of carbonyl (C=O) groups excluding carboxylic acids is 1. The number of amides is 1. The SMILES string of the molecule is CCNc1nnc(C(=O)NC2CC3CCCC(C2)N3C)s1. The number of anilines is 1. The zero-order valence-corrected chi connectivity index (χ0v) is 13.4. The highest BCUT2D eigenvalue weighted by Crippen LogP contribution is 2.32. The minimum atomic E-state index is -0.0794. The van der Waals surface area contributed by atoms with E-state index in [4.69, 9.17) is 0 Å². The second-order valence-electron chi connectivity index (χ2n) is 5.99. The minimum absolute atomic E-state index is 0.0794. The predicted octanol–water partition coefficient (Wildman–Crippen LogP) is 1.71. The molecule has 0 spiro atoms. The van der Waals surface area contributed by atoms with Gasteiger partial charge in [-0.1, -0.05) is 17.8 Å². The van der Waals surface area contributed by atoms with Crippen LogP contribution in [-0.2, 0) is 0 Å². The van der Waals surface area contributed by atoms with Crippen molar-refractivity contribution in [1.82, 2.24) is 20.4 Å². The quantitative estimate of drug-likeness (QED) is 0.886. The van der Waals surface area contributed by atoms with Gasteiger partial charge in [-0.3, -0.25) is 4.79 Å². The van der Waals surface area contributed by atoms with Gasteiger partial charge in [0.2, 0.25) is 10.1 Å². The Bertz CT molecular complexity index is 491. The average Bonchev–Trinajstić information content (AvgIpc) is 2.89. The normalized spacial score (nSPS) is 29.1. The summed E-state index contributed by atoms with van der Waals surface area (Å²) in [6.45, 7) is 2.78. The molecule has 1 aromatic rings. The van der Waals surface area contributed by atoms with Gasteiger partial charge < -0.3 is 15.5 Å². The lowest BCUT2D eigenvalue weighted by atomic mass is 9.82. The van der Waals surface area contributed by atoms with E-state index in [2.05, 4.69) is 32.8 Å². The lowest BCUT2D eigenvalue weighted by Crippen LogP contribution is -2.55. The Morgan fingerprint density at radius 3 is 2.71 bits per heavy atom. The van der Waals surface area contributed by atoms with Crippen LogP contribution in [0.4, 0.5) is 5.13 Å². The first kappa shape index (κ1) is 14.7. The first-order chi connectivity index (χ1) is 10.2. The molecular weight excluding hydrogens is 286 g/mol. The third kappa shape index (κ3) is 3.18. The summed E-state index contributed by atoms with van der Waals surface area (Å²) in [5.41, 5.74) is 0. The Morgan fingerprint density at radius 1 is 1.33 bits per heavy atom. The van der Waals surface area contributed by atoms with Crippen molar-refractivity contribution in [3.05, 3.63) is 5.01 Å². The van der Waals surface area contributed by atoms with Crippen LogP contribution < -0.4 is 10.6 Å². The summed E-state index contributed by atoms with van der Waals surface area (Å²) in [6.07, 6.45) is 5.93. The Hall–Kier alpha value is -1.21. The number of carbonyl (C=O) groups is 1. The van der Waals surface area contributed by atoms with E-state index in [1.807, 2.05) is 6.92 Å². The molecule has 7 heteroatoms. The van der Waals surface area contributed by atoms with Gasteiger partial charge in [0.1, 0.15) is 0 Å². The summed E-state index contributed by atoms with van der Waals surface area (Å²) in [5, 5.41) is 15.4. The van der Waals surface area contributed by atoms with Crippen LogP contribution >= 0.6 is 11.3 Å². The molecule has 116 valence electrons. The van der Waals surface area contributed by atoms with Crippen molar-refractivity contribution < 1.29 is 4.79 Å². The highest BCUT2D eigenvalue weighted by Gasteiger charge is 2.36. The zero-order valence-electron chi connectivity index (χ0n) is 12.6. The van der Waals surface area contributed by atoms with Crippen LogP contribution in [0, 0.1) is 0 Å². The Balaban J connectivity index is 1.59. The summed E-state index contributed by atoms with van der Waals surface area (Å²) in [6, 6.07) is 1.51. The number of hydrogen-bond acceptors (Lipinski definition) is 6. The summed E-state index contributed by atoms with van der Waals surface area (Å²) in [5.74, 6) is -0.0794. The van der Waals surface area contributed by atoms with Crippen LogP contribution in [0.1, 0.15) is 48.8 Å². The molecule has 2 fully saturated rings. The zero-order chi connectivity index (χ0) is 14.8. The highest BCUT2D eigenvalue weighted by atomic mass is 32.1. The van der Waals surface area contributed by atoms with Crippen molar-refractivity contribution in [2.75, 3.05) is 18.9 Å². The number of fused-ring (bicyclic) bond motifs is 2. The van der Waals surface area contributed by atoms with Gasteiger partial charge in [-0.05, 0) is 39.7 Å². The molecule has 3 rings (SSSR count). The van der Waals surface area contributed by atoms with E-state index >= 15 is 0 Å². The van der Waals surface area contributed by atoms with Crippen LogP contribution in [0.2, 0.25) is 0 Å². The van der Waals surface area contributed by atoms with Crippen LogP contribution in [-0.4, -0.2) is 52.7 Å². The molecule has 3 heterocycles. The summed E-state index contributed by atoms with van der Waals surface area (Å²) >= 11 is 1.32. The van der Waals surface area contributed by atoms with Gasteiger partial charge >= 0.3 is 0 Å². The molecule has 6 nitrogen and oxygen atoms in total. The van der Waals surface area contributed by atoms with E-state index in [1.54, 1.807) is 0 Å². The van der Waals surface area contributed by atoms with E-state index in [9.17, 15) is 4.79 Å². The molecule has 0 radical (unpaired) electrons. The molecule has 2 aliphatic heterocycles. The number of nitrogens with zero attached hydrogens (tertiary/aromatic N) is 3. The first-order valence-corrected chi connectivity index (χ1v) is 8.59. The third-order valence-electron chi connectivity index (χ3n) is 4.62. The maximum Gasteiger partial charge on any atom is 0.282 e. The summed E-state index contributed by atoms with van der Waals surface area (Å²) in [7, 11) is 2.22. The highest BCUT2D eigenvalue weighted by molar-refractivity contribution is 7.17. The molecule has 0 aliphatic carbocycles. The summed E-state index contributed by atoms with van der Waals surface area (Å²) in [4.78, 5) is 14.8. The first-order valence-electron chi connectivity index (χ1n) is 7.77. The predicted molar refractivity (Wildman–Crippen MR) is 83.8 cm³/mol. The molecule has 2 N–H and O–H groups in total. The molecule has 21 heavy (non-hydrogen) atoms. The summed E-state index contributed by atoms with van der Waals surface area (Å²) < 4.78 is 0. The lowest BCUT2D eigenvalue weighted by molar-refractivity contribution is 0.0463. The van der Waals surface area contributed by atoms with Gasteiger partial charge in [0.25, 0.3) is 5.91 Å². The second kappa shape index (κ2) is 6.27. The van der Waals surface area contributed by atoms with Crippen molar-refractivity contribution >= 4 is 22.4 Å². The van der Waals surface area contributed by atoms with Gasteiger partial charge in [-0.25, -0.2) is 0 Å². The molecule has 0 saturated carbocycles. The van der Waals surface area contributed by atoms with Crippen molar-refractivity contribution in [3.63, 3.8) is 0 Å². The van der Waals surface area contributed by atoms with Gasteiger partial charge in [0, 0.05) is 24.7 Å². The molecule has 2 atom stereocenters. The molecule has 2 bridgehead atoms. The van der Waals surface area contributed by atoms with E-state index in [1.165, 1.54) is 30.6 Å². The minimum Gasteiger partial charge on any atom is -0.360 e. The molecule has 0 aromatic carbocycles. The van der Waals surface area contributed by atoms with Crippen LogP contribution in [0.5, 0.6) is 0 Å². The topological polar surface area (TPSA) is 70.1 Å². The van der Waals surface area contributed by atoms with Gasteiger partial charge in [-0.2, -0.15) is 0 Å². The molecular formula is C14H23N5OS. The number of aromatic nitrogens is 2. The molecule has 1 amide bonds.